The smallest absolute Gasteiger partial charge is 0.465 e. The molecule has 1 aliphatic rings. The summed E-state index contributed by atoms with van der Waals surface area (Å²) in [7, 11) is 0.671. The van der Waals surface area contributed by atoms with E-state index in [4.69, 9.17) is 19.8 Å². The number of ether oxygens (including phenoxy) is 1. The number of thioether (sulfide) groups is 1. The Morgan fingerprint density at radius 2 is 1.89 bits per heavy atom. The van der Waals surface area contributed by atoms with E-state index in [2.05, 4.69) is 4.98 Å². The van der Waals surface area contributed by atoms with Crippen molar-refractivity contribution < 1.29 is 23.6 Å². The van der Waals surface area contributed by atoms with Crippen molar-refractivity contribution in [1.82, 2.24) is 4.98 Å². The number of nitrogens with two attached hydrogens (primary N) is 1. The molecule has 1 fully saturated rings. The number of hydrogen-bond donors (Lipinski definition) is 1. The second-order valence-corrected chi connectivity index (χ2v) is 8.43. The van der Waals surface area contributed by atoms with Crippen LogP contribution < -0.4 is 5.73 Å². The molecule has 1 aromatic heterocycles. The van der Waals surface area contributed by atoms with E-state index in [0.29, 0.717) is 11.3 Å². The SMILES string of the molecule is COC(=O)c1cc(C=C(CSC(C)=O)B2OC(C)(C)C(C)(C)O2)cnc1N. The summed E-state index contributed by atoms with van der Waals surface area (Å²) in [5.74, 6) is -0.0794. The van der Waals surface area contributed by atoms with Gasteiger partial charge in [0.25, 0.3) is 0 Å². The fourth-order valence-corrected chi connectivity index (χ4v) is 3.00. The molecule has 1 aromatic rings. The summed E-state index contributed by atoms with van der Waals surface area (Å²) < 4.78 is 16.9. The van der Waals surface area contributed by atoms with Crippen LogP contribution in [0.3, 0.4) is 0 Å². The molecule has 0 radical (unpaired) electrons. The second kappa shape index (κ2) is 8.04. The van der Waals surface area contributed by atoms with Crippen LogP contribution in [0.25, 0.3) is 6.08 Å². The molecule has 0 unspecified atom stereocenters. The van der Waals surface area contributed by atoms with Gasteiger partial charge >= 0.3 is 13.1 Å². The molecule has 27 heavy (non-hydrogen) atoms. The van der Waals surface area contributed by atoms with Crippen LogP contribution in [0.1, 0.15) is 50.5 Å². The molecule has 0 atom stereocenters. The molecule has 0 aromatic carbocycles. The van der Waals surface area contributed by atoms with E-state index in [9.17, 15) is 9.59 Å². The molecular formula is C18H25BN2O5S. The zero-order chi connectivity index (χ0) is 20.4. The van der Waals surface area contributed by atoms with E-state index in [-0.39, 0.29) is 16.5 Å². The molecule has 1 aliphatic heterocycles. The summed E-state index contributed by atoms with van der Waals surface area (Å²) in [4.78, 5) is 27.4. The number of pyridine rings is 1. The number of nitrogens with zero attached hydrogens (tertiary/aromatic N) is 1. The van der Waals surface area contributed by atoms with Gasteiger partial charge in [0, 0.05) is 18.9 Å². The van der Waals surface area contributed by atoms with E-state index in [1.165, 1.54) is 14.0 Å². The lowest BCUT2D eigenvalue weighted by Gasteiger charge is -2.32. The van der Waals surface area contributed by atoms with E-state index in [1.807, 2.05) is 27.7 Å². The van der Waals surface area contributed by atoms with Crippen LogP contribution in [0.4, 0.5) is 5.82 Å². The standard InChI is InChI=1S/C18H25BN2O5S/c1-11(22)27-10-13(19-25-17(2,3)18(4,5)26-19)7-12-8-14(16(23)24-6)15(20)21-9-12/h7-9H,10H2,1-6H3,(H2,20,21). The van der Waals surface area contributed by atoms with Gasteiger partial charge in [-0.05, 0) is 44.8 Å². The number of aromatic nitrogens is 1. The van der Waals surface area contributed by atoms with Gasteiger partial charge in [-0.2, -0.15) is 0 Å². The minimum Gasteiger partial charge on any atom is -0.465 e. The number of rotatable bonds is 5. The topological polar surface area (TPSA) is 101 Å². The van der Waals surface area contributed by atoms with Crippen molar-refractivity contribution in [3.8, 4) is 0 Å². The Labute approximate surface area is 164 Å². The molecule has 0 saturated carbocycles. The van der Waals surface area contributed by atoms with Crippen LogP contribution in [0.5, 0.6) is 0 Å². The maximum Gasteiger partial charge on any atom is 0.491 e. The van der Waals surface area contributed by atoms with Gasteiger partial charge in [-0.15, -0.1) is 0 Å². The van der Waals surface area contributed by atoms with Crippen molar-refractivity contribution in [2.75, 3.05) is 18.6 Å². The minimum atomic E-state index is -0.610. The number of carbonyl (C=O) groups is 2. The number of anilines is 1. The van der Waals surface area contributed by atoms with Gasteiger partial charge in [0.1, 0.15) is 11.4 Å². The first-order valence-corrected chi connectivity index (χ1v) is 9.48. The third kappa shape index (κ3) is 4.91. The van der Waals surface area contributed by atoms with Gasteiger partial charge in [-0.3, -0.25) is 4.79 Å². The molecule has 0 amide bonds. The summed E-state index contributed by atoms with van der Waals surface area (Å²) in [6, 6.07) is 1.60. The predicted octanol–water partition coefficient (Wildman–Crippen LogP) is 2.74. The Bertz CT molecular complexity index is 763. The van der Waals surface area contributed by atoms with Gasteiger partial charge in [-0.1, -0.05) is 17.8 Å². The number of hydrogen-bond acceptors (Lipinski definition) is 8. The maximum absolute atomic E-state index is 11.9. The summed E-state index contributed by atoms with van der Waals surface area (Å²) in [5.41, 5.74) is 6.32. The van der Waals surface area contributed by atoms with Crippen LogP contribution in [0, 0.1) is 0 Å². The van der Waals surface area contributed by atoms with Crippen LogP contribution in [0.15, 0.2) is 17.7 Å². The van der Waals surface area contributed by atoms with Crippen molar-refractivity contribution in [2.45, 2.75) is 45.8 Å². The molecule has 2 heterocycles. The van der Waals surface area contributed by atoms with Crippen molar-refractivity contribution in [1.29, 1.82) is 0 Å². The molecule has 9 heteroatoms. The lowest BCUT2D eigenvalue weighted by Crippen LogP contribution is -2.41. The van der Waals surface area contributed by atoms with Crippen LogP contribution >= 0.6 is 11.8 Å². The molecule has 0 spiro atoms. The van der Waals surface area contributed by atoms with E-state index in [0.717, 1.165) is 17.2 Å². The third-order valence-corrected chi connectivity index (χ3v) is 5.58. The van der Waals surface area contributed by atoms with Crippen LogP contribution in [-0.4, -0.2) is 47.3 Å². The van der Waals surface area contributed by atoms with Crippen molar-refractivity contribution in [3.63, 3.8) is 0 Å². The normalized spacial score (nSPS) is 18.4. The summed E-state index contributed by atoms with van der Waals surface area (Å²) in [6.07, 6.45) is 3.35. The average Bonchev–Trinajstić information content (AvgIpc) is 2.79. The lowest BCUT2D eigenvalue weighted by atomic mass is 9.78. The average molecular weight is 392 g/mol. The summed E-state index contributed by atoms with van der Waals surface area (Å²) >= 11 is 1.16. The highest BCUT2D eigenvalue weighted by Gasteiger charge is 2.52. The van der Waals surface area contributed by atoms with E-state index < -0.39 is 24.3 Å². The number of methoxy groups -OCH3 is 1. The Morgan fingerprint density at radius 3 is 2.41 bits per heavy atom. The minimum absolute atomic E-state index is 0.0110. The first-order chi connectivity index (χ1) is 12.5. The third-order valence-electron chi connectivity index (χ3n) is 4.70. The lowest BCUT2D eigenvalue weighted by molar-refractivity contribution is -0.109. The molecular weight excluding hydrogens is 367 g/mol. The maximum atomic E-state index is 11.9. The van der Waals surface area contributed by atoms with Gasteiger partial charge < -0.3 is 19.8 Å². The monoisotopic (exact) mass is 392 g/mol. The molecule has 0 aliphatic carbocycles. The fraction of sp³-hybridized carbons (Fsp3) is 0.500. The highest BCUT2D eigenvalue weighted by molar-refractivity contribution is 8.13. The molecule has 146 valence electrons. The molecule has 1 saturated heterocycles. The summed E-state index contributed by atoms with van der Waals surface area (Å²) in [5, 5.41) is -0.0110. The number of nitrogen functional groups attached to an aromatic ring is 1. The predicted molar refractivity (Wildman–Crippen MR) is 107 cm³/mol. The van der Waals surface area contributed by atoms with Crippen molar-refractivity contribution in [2.24, 2.45) is 0 Å². The first-order valence-electron chi connectivity index (χ1n) is 8.50. The molecule has 7 nitrogen and oxygen atoms in total. The van der Waals surface area contributed by atoms with Crippen molar-refractivity contribution >= 4 is 41.9 Å². The quantitative estimate of drug-likeness (QED) is 0.603. The Balaban J connectivity index is 2.40. The zero-order valence-corrected chi connectivity index (χ0v) is 17.3. The Hall–Kier alpha value is -1.84. The first kappa shape index (κ1) is 21.5. The van der Waals surface area contributed by atoms with Gasteiger partial charge in [-0.25, -0.2) is 9.78 Å². The van der Waals surface area contributed by atoms with E-state index in [1.54, 1.807) is 18.3 Å². The fourth-order valence-electron chi connectivity index (χ4n) is 2.42. The van der Waals surface area contributed by atoms with Crippen molar-refractivity contribution in [3.05, 3.63) is 28.9 Å². The molecule has 2 N–H and O–H groups in total. The largest absolute Gasteiger partial charge is 0.491 e. The number of carbonyl (C=O) groups excluding carboxylic acids is 2. The molecule has 0 bridgehead atoms. The zero-order valence-electron chi connectivity index (χ0n) is 16.5. The van der Waals surface area contributed by atoms with Crippen LogP contribution in [-0.2, 0) is 18.8 Å². The summed E-state index contributed by atoms with van der Waals surface area (Å²) in [6.45, 7) is 9.35. The highest BCUT2D eigenvalue weighted by atomic mass is 32.2. The van der Waals surface area contributed by atoms with Gasteiger partial charge in [0.05, 0.1) is 18.3 Å². The molecule has 2 rings (SSSR count). The Morgan fingerprint density at radius 1 is 1.30 bits per heavy atom. The van der Waals surface area contributed by atoms with Gasteiger partial charge in [0.2, 0.25) is 0 Å². The van der Waals surface area contributed by atoms with Gasteiger partial charge in [0.15, 0.2) is 5.12 Å². The number of esters is 1. The highest BCUT2D eigenvalue weighted by Crippen LogP contribution is 2.39. The van der Waals surface area contributed by atoms with Crippen LogP contribution in [0.2, 0.25) is 0 Å². The Kier molecular flexibility index (Phi) is 6.39. The van der Waals surface area contributed by atoms with E-state index >= 15 is 0 Å². The second-order valence-electron chi connectivity index (χ2n) is 7.28.